The Labute approximate surface area is 166 Å². The Hall–Kier alpha value is -3.68. The molecule has 1 N–H and O–H groups in total. The van der Waals surface area contributed by atoms with Crippen molar-refractivity contribution in [3.8, 4) is 0 Å². The van der Waals surface area contributed by atoms with Crippen molar-refractivity contribution in [3.05, 3.63) is 64.2 Å². The Morgan fingerprint density at radius 1 is 1.03 bits per heavy atom. The smallest absolute Gasteiger partial charge is 0.339 e. The fraction of sp³-hybridized carbons (Fsp3) is 0.238. The van der Waals surface area contributed by atoms with E-state index in [1.54, 1.807) is 12.1 Å². The topological polar surface area (TPSA) is 108 Å². The molecule has 2 aromatic carbocycles. The Morgan fingerprint density at radius 3 is 2.45 bits per heavy atom. The van der Waals surface area contributed by atoms with Crippen molar-refractivity contribution in [2.75, 3.05) is 19.5 Å². The first-order valence-electron chi connectivity index (χ1n) is 8.76. The summed E-state index contributed by atoms with van der Waals surface area (Å²) in [5, 5.41) is 2.55. The lowest BCUT2D eigenvalue weighted by Gasteiger charge is -2.24. The molecule has 0 aliphatic carbocycles. The van der Waals surface area contributed by atoms with Crippen molar-refractivity contribution in [1.29, 1.82) is 0 Å². The lowest BCUT2D eigenvalue weighted by molar-refractivity contribution is -0.125. The highest BCUT2D eigenvalue weighted by Crippen LogP contribution is 2.25. The first-order chi connectivity index (χ1) is 13.8. The molecule has 0 bridgehead atoms. The van der Waals surface area contributed by atoms with Gasteiger partial charge in [-0.3, -0.25) is 4.79 Å². The van der Waals surface area contributed by atoms with E-state index in [1.165, 1.54) is 32.4 Å². The van der Waals surface area contributed by atoms with Crippen LogP contribution in [0, 0.1) is 6.92 Å². The molecule has 0 fully saturated rings. The molecule has 0 radical (unpaired) electrons. The number of esters is 3. The first kappa shape index (κ1) is 20.1. The summed E-state index contributed by atoms with van der Waals surface area (Å²) >= 11 is 0. The van der Waals surface area contributed by atoms with Gasteiger partial charge in [0.25, 0.3) is 5.91 Å². The fourth-order valence-corrected chi connectivity index (χ4v) is 3.03. The molecular formula is C21H19NO7. The number of rotatable bonds is 4. The van der Waals surface area contributed by atoms with Crippen LogP contribution in [0.2, 0.25) is 0 Å². The minimum atomic E-state index is -1.08. The van der Waals surface area contributed by atoms with Crippen LogP contribution in [0.1, 0.15) is 42.2 Å². The lowest BCUT2D eigenvalue weighted by Crippen LogP contribution is -2.38. The van der Waals surface area contributed by atoms with Gasteiger partial charge in [0.05, 0.1) is 36.6 Å². The molecule has 150 valence electrons. The summed E-state index contributed by atoms with van der Waals surface area (Å²) in [7, 11) is 2.42. The molecule has 1 amide bonds. The van der Waals surface area contributed by atoms with Crippen LogP contribution in [0.15, 0.2) is 36.4 Å². The molecule has 3 rings (SSSR count). The number of hydrogen-bond acceptors (Lipinski definition) is 7. The maximum absolute atomic E-state index is 12.7. The van der Waals surface area contributed by atoms with Crippen LogP contribution in [0.25, 0.3) is 0 Å². The Balaban J connectivity index is 1.88. The number of amides is 1. The Morgan fingerprint density at radius 2 is 1.76 bits per heavy atom. The molecule has 2 aromatic rings. The molecule has 1 aliphatic heterocycles. The van der Waals surface area contributed by atoms with Crippen LogP contribution in [0.4, 0.5) is 5.69 Å². The van der Waals surface area contributed by atoms with Crippen molar-refractivity contribution in [3.63, 3.8) is 0 Å². The zero-order chi connectivity index (χ0) is 21.1. The standard InChI is InChI=1S/C21H19NO7/c1-11-4-5-12-10-17(29-21(26)15(12)8-11)18(23)22-16-9-13(19(24)27-2)6-7-14(16)20(25)28-3/h4-9,17H,10H2,1-3H3,(H,22,23). The summed E-state index contributed by atoms with van der Waals surface area (Å²) in [6, 6.07) is 9.37. The average molecular weight is 397 g/mol. The van der Waals surface area contributed by atoms with Gasteiger partial charge in [-0.25, -0.2) is 14.4 Å². The van der Waals surface area contributed by atoms with Crippen molar-refractivity contribution < 1.29 is 33.4 Å². The van der Waals surface area contributed by atoms with Gasteiger partial charge in [0, 0.05) is 6.42 Å². The van der Waals surface area contributed by atoms with Gasteiger partial charge in [-0.05, 0) is 36.8 Å². The predicted molar refractivity (Wildman–Crippen MR) is 102 cm³/mol. The predicted octanol–water partition coefficient (Wildman–Crippen LogP) is 2.29. The van der Waals surface area contributed by atoms with E-state index in [9.17, 15) is 19.2 Å². The number of carbonyl (C=O) groups is 4. The minimum absolute atomic E-state index is 0.0478. The number of nitrogens with one attached hydrogen (secondary N) is 1. The van der Waals surface area contributed by atoms with E-state index >= 15 is 0 Å². The van der Waals surface area contributed by atoms with E-state index in [4.69, 9.17) is 9.47 Å². The van der Waals surface area contributed by atoms with Crippen molar-refractivity contribution in [2.45, 2.75) is 19.4 Å². The molecule has 0 saturated carbocycles. The van der Waals surface area contributed by atoms with Gasteiger partial charge in [-0.15, -0.1) is 0 Å². The van der Waals surface area contributed by atoms with Gasteiger partial charge >= 0.3 is 17.9 Å². The summed E-state index contributed by atoms with van der Waals surface area (Å²) in [6.45, 7) is 1.86. The zero-order valence-electron chi connectivity index (χ0n) is 16.1. The molecule has 1 aliphatic rings. The second kappa shape index (κ2) is 8.14. The van der Waals surface area contributed by atoms with Crippen LogP contribution in [0.3, 0.4) is 0 Å². The van der Waals surface area contributed by atoms with E-state index in [0.717, 1.165) is 5.56 Å². The molecule has 1 unspecified atom stereocenters. The third-order valence-corrected chi connectivity index (χ3v) is 4.54. The van der Waals surface area contributed by atoms with Gasteiger partial charge in [0.15, 0.2) is 6.10 Å². The van der Waals surface area contributed by atoms with Crippen molar-refractivity contribution >= 4 is 29.5 Å². The summed E-state index contributed by atoms with van der Waals surface area (Å²) in [5.41, 5.74) is 2.27. The number of benzene rings is 2. The number of anilines is 1. The van der Waals surface area contributed by atoms with Crippen LogP contribution < -0.4 is 5.32 Å². The maximum Gasteiger partial charge on any atom is 0.339 e. The molecule has 29 heavy (non-hydrogen) atoms. The largest absolute Gasteiger partial charge is 0.465 e. The van der Waals surface area contributed by atoms with Gasteiger partial charge in [-0.1, -0.05) is 17.7 Å². The monoisotopic (exact) mass is 397 g/mol. The van der Waals surface area contributed by atoms with Crippen LogP contribution in [-0.2, 0) is 25.4 Å². The highest BCUT2D eigenvalue weighted by Gasteiger charge is 2.32. The van der Waals surface area contributed by atoms with Crippen molar-refractivity contribution in [1.82, 2.24) is 0 Å². The quantitative estimate of drug-likeness (QED) is 0.623. The lowest BCUT2D eigenvalue weighted by atomic mass is 9.96. The van der Waals surface area contributed by atoms with Crippen LogP contribution in [-0.4, -0.2) is 44.1 Å². The number of carbonyl (C=O) groups excluding carboxylic acids is 4. The maximum atomic E-state index is 12.7. The number of fused-ring (bicyclic) bond motifs is 1. The third-order valence-electron chi connectivity index (χ3n) is 4.54. The molecule has 8 heteroatoms. The molecule has 0 saturated heterocycles. The first-order valence-corrected chi connectivity index (χ1v) is 8.76. The number of cyclic esters (lactones) is 1. The Bertz CT molecular complexity index is 1010. The van der Waals surface area contributed by atoms with Crippen LogP contribution >= 0.6 is 0 Å². The SMILES string of the molecule is COC(=O)c1ccc(C(=O)OC)c(NC(=O)C2Cc3ccc(C)cc3C(=O)O2)c1. The highest BCUT2D eigenvalue weighted by molar-refractivity contribution is 6.05. The normalized spacial score (nSPS) is 15.0. The summed E-state index contributed by atoms with van der Waals surface area (Å²) in [5.74, 6) is -2.55. The second-order valence-corrected chi connectivity index (χ2v) is 6.49. The molecule has 1 atom stereocenters. The van der Waals surface area contributed by atoms with Crippen molar-refractivity contribution in [2.24, 2.45) is 0 Å². The second-order valence-electron chi connectivity index (χ2n) is 6.49. The van der Waals surface area contributed by atoms with E-state index in [1.807, 2.05) is 13.0 Å². The summed E-state index contributed by atoms with van der Waals surface area (Å²) in [4.78, 5) is 48.8. The van der Waals surface area contributed by atoms with Gasteiger partial charge in [-0.2, -0.15) is 0 Å². The van der Waals surface area contributed by atoms with Gasteiger partial charge in [0.1, 0.15) is 0 Å². The summed E-state index contributed by atoms with van der Waals surface area (Å²) < 4.78 is 14.6. The average Bonchev–Trinajstić information content (AvgIpc) is 2.72. The molecule has 0 spiro atoms. The molecule has 1 heterocycles. The van der Waals surface area contributed by atoms with E-state index in [0.29, 0.717) is 11.1 Å². The van der Waals surface area contributed by atoms with E-state index in [-0.39, 0.29) is 23.2 Å². The summed E-state index contributed by atoms with van der Waals surface area (Å²) in [6.07, 6.45) is -0.887. The number of ether oxygens (including phenoxy) is 3. The van der Waals surface area contributed by atoms with E-state index < -0.39 is 29.9 Å². The molecular weight excluding hydrogens is 378 g/mol. The minimum Gasteiger partial charge on any atom is -0.465 e. The Kier molecular flexibility index (Phi) is 5.63. The fourth-order valence-electron chi connectivity index (χ4n) is 3.03. The number of methoxy groups -OCH3 is 2. The number of hydrogen-bond donors (Lipinski definition) is 1. The van der Waals surface area contributed by atoms with Gasteiger partial charge < -0.3 is 19.5 Å². The van der Waals surface area contributed by atoms with Crippen LogP contribution in [0.5, 0.6) is 0 Å². The third kappa shape index (κ3) is 4.11. The van der Waals surface area contributed by atoms with E-state index in [2.05, 4.69) is 10.1 Å². The highest BCUT2D eigenvalue weighted by atomic mass is 16.5. The molecule has 0 aromatic heterocycles. The number of aryl methyl sites for hydroxylation is 1. The molecule has 8 nitrogen and oxygen atoms in total. The zero-order valence-corrected chi connectivity index (χ0v) is 16.1. The van der Waals surface area contributed by atoms with Gasteiger partial charge in [0.2, 0.25) is 0 Å².